The number of methoxy groups -OCH3 is 2. The van der Waals surface area contributed by atoms with Crippen molar-refractivity contribution >= 4 is 29.1 Å². The zero-order valence-electron chi connectivity index (χ0n) is 16.8. The van der Waals surface area contributed by atoms with Gasteiger partial charge >= 0.3 is 0 Å². The molecule has 4 rings (SSSR count). The predicted molar refractivity (Wildman–Crippen MR) is 114 cm³/mol. The molecule has 0 spiro atoms. The monoisotopic (exact) mass is 427 g/mol. The number of hydrogen-bond acceptors (Lipinski definition) is 6. The second-order valence-corrected chi connectivity index (χ2v) is 7.47. The largest absolute Gasteiger partial charge is 0.497 e. The van der Waals surface area contributed by atoms with Crippen molar-refractivity contribution in [3.63, 3.8) is 0 Å². The van der Waals surface area contributed by atoms with Crippen LogP contribution >= 0.6 is 11.6 Å². The first kappa shape index (κ1) is 20.0. The molecule has 0 unspecified atom stereocenters. The van der Waals surface area contributed by atoms with Crippen LogP contribution in [0.15, 0.2) is 48.8 Å². The quantitative estimate of drug-likeness (QED) is 0.646. The van der Waals surface area contributed by atoms with E-state index in [4.69, 9.17) is 21.1 Å². The Morgan fingerprint density at radius 2 is 1.93 bits per heavy atom. The van der Waals surface area contributed by atoms with Crippen molar-refractivity contribution < 1.29 is 14.3 Å². The molecule has 1 amide bonds. The van der Waals surface area contributed by atoms with Crippen molar-refractivity contribution in [3.8, 4) is 11.5 Å². The fourth-order valence-corrected chi connectivity index (χ4v) is 3.93. The molecule has 1 aliphatic rings. The van der Waals surface area contributed by atoms with Gasteiger partial charge in [0.05, 0.1) is 26.2 Å². The fraction of sp³-hybridized carbons (Fsp3) is 0.286. The first-order valence-corrected chi connectivity index (χ1v) is 9.84. The highest BCUT2D eigenvalue weighted by molar-refractivity contribution is 6.30. The number of aromatic nitrogens is 3. The van der Waals surface area contributed by atoms with Crippen LogP contribution in [0.5, 0.6) is 11.5 Å². The summed E-state index contributed by atoms with van der Waals surface area (Å²) in [6.45, 7) is 1.95. The van der Waals surface area contributed by atoms with Crippen molar-refractivity contribution in [2.75, 3.05) is 24.9 Å². The van der Waals surface area contributed by atoms with Crippen molar-refractivity contribution in [2.45, 2.75) is 19.0 Å². The number of hydrogen-bond donors (Lipinski definition) is 2. The minimum atomic E-state index is -0.504. The van der Waals surface area contributed by atoms with Gasteiger partial charge < -0.3 is 20.1 Å². The summed E-state index contributed by atoms with van der Waals surface area (Å²) < 4.78 is 12.7. The van der Waals surface area contributed by atoms with Gasteiger partial charge in [0.1, 0.15) is 17.8 Å². The van der Waals surface area contributed by atoms with E-state index >= 15 is 0 Å². The van der Waals surface area contributed by atoms with E-state index in [2.05, 4.69) is 20.7 Å². The van der Waals surface area contributed by atoms with Gasteiger partial charge in [0.25, 0.3) is 0 Å². The maximum atomic E-state index is 13.4. The van der Waals surface area contributed by atoms with Gasteiger partial charge in [-0.15, -0.1) is 0 Å². The maximum Gasteiger partial charge on any atom is 0.232 e. The first-order valence-electron chi connectivity index (χ1n) is 9.46. The molecule has 3 aromatic rings. The molecule has 2 heterocycles. The molecule has 1 aliphatic heterocycles. The van der Waals surface area contributed by atoms with E-state index in [1.807, 2.05) is 25.1 Å². The van der Waals surface area contributed by atoms with Crippen LogP contribution in [-0.4, -0.2) is 40.9 Å². The van der Waals surface area contributed by atoms with Crippen LogP contribution in [-0.2, 0) is 4.79 Å². The molecule has 0 fully saturated rings. The summed E-state index contributed by atoms with van der Waals surface area (Å²) in [6, 6.07) is 11.9. The highest BCUT2D eigenvalue weighted by Crippen LogP contribution is 2.41. The summed E-state index contributed by atoms with van der Waals surface area (Å²) in [5.41, 5.74) is 1.45. The number of amides is 1. The highest BCUT2D eigenvalue weighted by atomic mass is 35.5. The molecule has 0 saturated carbocycles. The van der Waals surface area contributed by atoms with Crippen molar-refractivity contribution in [2.24, 2.45) is 5.92 Å². The molecular weight excluding hydrogens is 406 g/mol. The Bertz CT molecular complexity index is 1050. The van der Waals surface area contributed by atoms with Gasteiger partial charge in [0.2, 0.25) is 11.9 Å². The highest BCUT2D eigenvalue weighted by Gasteiger charge is 2.42. The minimum Gasteiger partial charge on any atom is -0.497 e. The van der Waals surface area contributed by atoms with Gasteiger partial charge in [-0.05, 0) is 49.4 Å². The van der Waals surface area contributed by atoms with Gasteiger partial charge in [0, 0.05) is 22.3 Å². The van der Waals surface area contributed by atoms with Crippen LogP contribution in [0.3, 0.4) is 0 Å². The standard InChI is InChI=1S/C21H22ClN5O3/c1-12-18(20(28)26-14-6-4-13(22)5-7-14)19(27-21(25-12)23-11-24-27)16-10-15(29-2)8-9-17(16)30-3/h4-12,18-19H,1-3H3,(H,26,28)(H,23,24,25)/t12-,18+,19-/m1/s1. The Kier molecular flexibility index (Phi) is 5.50. The lowest BCUT2D eigenvalue weighted by Crippen LogP contribution is -2.46. The molecule has 1 aromatic heterocycles. The number of anilines is 2. The third-order valence-corrected chi connectivity index (χ3v) is 5.49. The average Bonchev–Trinajstić information content (AvgIpc) is 3.21. The third-order valence-electron chi connectivity index (χ3n) is 5.24. The van der Waals surface area contributed by atoms with Gasteiger partial charge in [-0.2, -0.15) is 10.1 Å². The number of rotatable bonds is 5. The van der Waals surface area contributed by atoms with Crippen LogP contribution < -0.4 is 20.1 Å². The second kappa shape index (κ2) is 8.23. The van der Waals surface area contributed by atoms with E-state index in [1.54, 1.807) is 43.2 Å². The van der Waals surface area contributed by atoms with Gasteiger partial charge in [-0.1, -0.05) is 11.6 Å². The van der Waals surface area contributed by atoms with E-state index in [0.29, 0.717) is 28.2 Å². The number of benzene rings is 2. The zero-order valence-corrected chi connectivity index (χ0v) is 17.6. The summed E-state index contributed by atoms with van der Waals surface area (Å²) >= 11 is 5.96. The number of nitrogens with one attached hydrogen (secondary N) is 2. The maximum absolute atomic E-state index is 13.4. The van der Waals surface area contributed by atoms with E-state index in [9.17, 15) is 4.79 Å². The molecule has 2 N–H and O–H groups in total. The zero-order chi connectivity index (χ0) is 21.3. The first-order chi connectivity index (χ1) is 14.5. The van der Waals surface area contributed by atoms with Crippen molar-refractivity contribution in [1.82, 2.24) is 14.8 Å². The number of carbonyl (C=O) groups is 1. The Labute approximate surface area is 179 Å². The van der Waals surface area contributed by atoms with E-state index in [1.165, 1.54) is 6.33 Å². The van der Waals surface area contributed by atoms with E-state index < -0.39 is 12.0 Å². The number of halogens is 1. The smallest absolute Gasteiger partial charge is 0.232 e. The van der Waals surface area contributed by atoms with Gasteiger partial charge in [-0.25, -0.2) is 4.68 Å². The van der Waals surface area contributed by atoms with Crippen molar-refractivity contribution in [1.29, 1.82) is 0 Å². The Morgan fingerprint density at radius 3 is 2.63 bits per heavy atom. The molecule has 0 bridgehead atoms. The Hall–Kier alpha value is -3.26. The summed E-state index contributed by atoms with van der Waals surface area (Å²) in [5.74, 6) is 1.23. The van der Waals surface area contributed by atoms with Crippen LogP contribution in [0, 0.1) is 5.92 Å². The lowest BCUT2D eigenvalue weighted by Gasteiger charge is -2.37. The summed E-state index contributed by atoms with van der Waals surface area (Å²) in [5, 5.41) is 11.2. The number of fused-ring (bicyclic) bond motifs is 1. The Balaban J connectivity index is 1.78. The predicted octanol–water partition coefficient (Wildman–Crippen LogP) is 3.61. The minimum absolute atomic E-state index is 0.159. The third kappa shape index (κ3) is 3.66. The molecule has 2 aromatic carbocycles. The van der Waals surface area contributed by atoms with Crippen LogP contribution in [0.2, 0.25) is 5.02 Å². The van der Waals surface area contributed by atoms with Crippen molar-refractivity contribution in [3.05, 3.63) is 59.4 Å². The summed E-state index contributed by atoms with van der Waals surface area (Å²) in [4.78, 5) is 17.7. The topological polar surface area (TPSA) is 90.3 Å². The summed E-state index contributed by atoms with van der Waals surface area (Å²) in [6.07, 6.45) is 1.47. The van der Waals surface area contributed by atoms with Gasteiger partial charge in [0.15, 0.2) is 0 Å². The second-order valence-electron chi connectivity index (χ2n) is 7.04. The number of ether oxygens (including phenoxy) is 2. The molecule has 156 valence electrons. The molecular formula is C21H22ClN5O3. The van der Waals surface area contributed by atoms with Crippen LogP contribution in [0.1, 0.15) is 18.5 Å². The van der Waals surface area contributed by atoms with E-state index in [-0.39, 0.29) is 11.9 Å². The number of nitrogens with zero attached hydrogens (tertiary/aromatic N) is 3. The normalized spacial score (nSPS) is 20.1. The average molecular weight is 428 g/mol. The van der Waals surface area contributed by atoms with E-state index in [0.717, 1.165) is 5.56 Å². The molecule has 30 heavy (non-hydrogen) atoms. The molecule has 9 heteroatoms. The molecule has 0 saturated heterocycles. The molecule has 3 atom stereocenters. The molecule has 8 nitrogen and oxygen atoms in total. The van der Waals surface area contributed by atoms with Crippen LogP contribution in [0.4, 0.5) is 11.6 Å². The lowest BCUT2D eigenvalue weighted by molar-refractivity contribution is -0.121. The van der Waals surface area contributed by atoms with Crippen LogP contribution in [0.25, 0.3) is 0 Å². The number of carbonyl (C=O) groups excluding carboxylic acids is 1. The molecule has 0 radical (unpaired) electrons. The SMILES string of the molecule is COc1ccc(OC)c([C@@H]2[C@@H](C(=O)Nc3ccc(Cl)cc3)[C@@H](C)Nc3ncnn32)c1. The van der Waals surface area contributed by atoms with Gasteiger partial charge in [-0.3, -0.25) is 4.79 Å². The molecule has 0 aliphatic carbocycles. The fourth-order valence-electron chi connectivity index (χ4n) is 3.80. The Morgan fingerprint density at radius 1 is 1.17 bits per heavy atom. The summed E-state index contributed by atoms with van der Waals surface area (Å²) in [7, 11) is 3.20. The lowest BCUT2D eigenvalue weighted by atomic mass is 9.85.